The van der Waals surface area contributed by atoms with Crippen molar-refractivity contribution in [3.8, 4) is 0 Å². The Balaban J connectivity index is 1.87. The normalized spacial score (nSPS) is 24.7. The lowest BCUT2D eigenvalue weighted by Gasteiger charge is -2.12. The van der Waals surface area contributed by atoms with Crippen molar-refractivity contribution in [2.24, 2.45) is 11.8 Å². The third-order valence-corrected chi connectivity index (χ3v) is 4.25. The van der Waals surface area contributed by atoms with E-state index in [1.165, 1.54) is 24.8 Å². The number of rotatable bonds is 3. The minimum absolute atomic E-state index is 0.834. The highest BCUT2D eigenvalue weighted by atomic mass is 79.9. The van der Waals surface area contributed by atoms with Crippen LogP contribution in [0.25, 0.3) is 0 Å². The van der Waals surface area contributed by atoms with Gasteiger partial charge < -0.3 is 5.32 Å². The van der Waals surface area contributed by atoms with Gasteiger partial charge in [-0.2, -0.15) is 0 Å². The number of pyridine rings is 1. The number of hydrogen-bond acceptors (Lipinski definition) is 2. The molecule has 2 rings (SSSR count). The van der Waals surface area contributed by atoms with E-state index in [0.717, 1.165) is 28.7 Å². The average molecular weight is 283 g/mol. The van der Waals surface area contributed by atoms with Gasteiger partial charge in [0, 0.05) is 17.2 Å². The molecule has 2 atom stereocenters. The molecule has 0 radical (unpaired) electrons. The van der Waals surface area contributed by atoms with Gasteiger partial charge in [-0.15, -0.1) is 0 Å². The third-order valence-electron chi connectivity index (χ3n) is 3.42. The number of hydrogen-bond donors (Lipinski definition) is 1. The average Bonchev–Trinajstić information content (AvgIpc) is 2.66. The molecule has 2 nitrogen and oxygen atoms in total. The van der Waals surface area contributed by atoms with E-state index in [9.17, 15) is 0 Å². The van der Waals surface area contributed by atoms with Gasteiger partial charge in [-0.1, -0.05) is 13.3 Å². The Hall–Kier alpha value is -0.570. The zero-order chi connectivity index (χ0) is 11.5. The Morgan fingerprint density at radius 1 is 1.50 bits per heavy atom. The van der Waals surface area contributed by atoms with E-state index < -0.39 is 0 Å². The van der Waals surface area contributed by atoms with Crippen LogP contribution in [-0.4, -0.2) is 11.5 Å². The van der Waals surface area contributed by atoms with Gasteiger partial charge in [-0.3, -0.25) is 0 Å². The van der Waals surface area contributed by atoms with Gasteiger partial charge in [-0.05, 0) is 59.2 Å². The number of aromatic nitrogens is 1. The maximum absolute atomic E-state index is 4.36. The Kier molecular flexibility index (Phi) is 3.85. The van der Waals surface area contributed by atoms with Crippen LogP contribution in [0.1, 0.15) is 31.7 Å². The van der Waals surface area contributed by atoms with Gasteiger partial charge in [0.1, 0.15) is 5.82 Å². The molecule has 1 N–H and O–H groups in total. The second-order valence-corrected chi connectivity index (χ2v) is 5.84. The minimum atomic E-state index is 0.834. The highest BCUT2D eigenvalue weighted by molar-refractivity contribution is 9.10. The highest BCUT2D eigenvalue weighted by Crippen LogP contribution is 2.30. The Labute approximate surface area is 106 Å². The van der Waals surface area contributed by atoms with Gasteiger partial charge in [0.05, 0.1) is 0 Å². The van der Waals surface area contributed by atoms with Gasteiger partial charge >= 0.3 is 0 Å². The van der Waals surface area contributed by atoms with E-state index >= 15 is 0 Å². The minimum Gasteiger partial charge on any atom is -0.370 e. The molecule has 0 aromatic carbocycles. The van der Waals surface area contributed by atoms with Crippen LogP contribution in [0.5, 0.6) is 0 Å². The first-order chi connectivity index (χ1) is 7.65. The maximum atomic E-state index is 4.36. The molecule has 2 unspecified atom stereocenters. The summed E-state index contributed by atoms with van der Waals surface area (Å²) in [6.07, 6.45) is 5.99. The molecule has 0 amide bonds. The number of halogens is 1. The molecule has 1 fully saturated rings. The topological polar surface area (TPSA) is 24.9 Å². The Morgan fingerprint density at radius 3 is 2.94 bits per heavy atom. The van der Waals surface area contributed by atoms with E-state index in [2.05, 4.69) is 46.1 Å². The summed E-state index contributed by atoms with van der Waals surface area (Å²) in [5, 5.41) is 3.44. The third kappa shape index (κ3) is 2.97. The van der Waals surface area contributed by atoms with Crippen molar-refractivity contribution >= 4 is 21.7 Å². The second-order valence-electron chi connectivity index (χ2n) is 4.98. The van der Waals surface area contributed by atoms with Crippen molar-refractivity contribution in [2.45, 2.75) is 33.1 Å². The summed E-state index contributed by atoms with van der Waals surface area (Å²) in [6.45, 7) is 5.51. The van der Waals surface area contributed by atoms with Crippen LogP contribution in [-0.2, 0) is 0 Å². The zero-order valence-electron chi connectivity index (χ0n) is 9.96. The lowest BCUT2D eigenvalue weighted by Crippen LogP contribution is -2.12. The van der Waals surface area contributed by atoms with Crippen LogP contribution < -0.4 is 5.32 Å². The molecule has 88 valence electrons. The molecule has 0 saturated heterocycles. The first kappa shape index (κ1) is 11.9. The van der Waals surface area contributed by atoms with Crippen LogP contribution in [0.2, 0.25) is 0 Å². The van der Waals surface area contributed by atoms with E-state index in [1.54, 1.807) is 0 Å². The van der Waals surface area contributed by atoms with Gasteiger partial charge in [0.25, 0.3) is 0 Å². The van der Waals surface area contributed by atoms with Crippen molar-refractivity contribution < 1.29 is 0 Å². The summed E-state index contributed by atoms with van der Waals surface area (Å²) in [7, 11) is 0. The van der Waals surface area contributed by atoms with E-state index in [0.29, 0.717) is 0 Å². The second kappa shape index (κ2) is 5.17. The fraction of sp³-hybridized carbons (Fsp3) is 0.615. The number of nitrogens with zero attached hydrogens (tertiary/aromatic N) is 1. The standard InChI is InChI=1S/C13H19BrN2/c1-9-3-4-11(5-9)7-15-13-6-10(2)12(14)8-16-13/h6,8-9,11H,3-5,7H2,1-2H3,(H,15,16). The van der Waals surface area contributed by atoms with E-state index in [-0.39, 0.29) is 0 Å². The maximum Gasteiger partial charge on any atom is 0.126 e. The lowest BCUT2D eigenvalue weighted by molar-refractivity contribution is 0.536. The first-order valence-electron chi connectivity index (χ1n) is 6.01. The molecule has 1 aliphatic carbocycles. The molecule has 16 heavy (non-hydrogen) atoms. The molecule has 0 aliphatic heterocycles. The van der Waals surface area contributed by atoms with Crippen molar-refractivity contribution in [1.82, 2.24) is 4.98 Å². The quantitative estimate of drug-likeness (QED) is 0.907. The van der Waals surface area contributed by atoms with Crippen LogP contribution in [0.15, 0.2) is 16.7 Å². The molecule has 0 spiro atoms. The number of aryl methyl sites for hydroxylation is 1. The van der Waals surface area contributed by atoms with E-state index in [4.69, 9.17) is 0 Å². The number of anilines is 1. The molecule has 1 aliphatic rings. The summed E-state index contributed by atoms with van der Waals surface area (Å²) in [4.78, 5) is 4.36. The van der Waals surface area contributed by atoms with Crippen molar-refractivity contribution in [2.75, 3.05) is 11.9 Å². The summed E-state index contributed by atoms with van der Waals surface area (Å²) in [5.74, 6) is 2.74. The van der Waals surface area contributed by atoms with Crippen molar-refractivity contribution in [3.05, 3.63) is 22.3 Å². The van der Waals surface area contributed by atoms with Gasteiger partial charge in [-0.25, -0.2) is 4.98 Å². The SMILES string of the molecule is Cc1cc(NCC2CCC(C)C2)ncc1Br. The first-order valence-corrected chi connectivity index (χ1v) is 6.80. The van der Waals surface area contributed by atoms with Crippen molar-refractivity contribution in [1.29, 1.82) is 0 Å². The van der Waals surface area contributed by atoms with E-state index in [1.807, 2.05) is 6.20 Å². The van der Waals surface area contributed by atoms with Gasteiger partial charge in [0.2, 0.25) is 0 Å². The van der Waals surface area contributed by atoms with Crippen LogP contribution >= 0.6 is 15.9 Å². The van der Waals surface area contributed by atoms with Gasteiger partial charge in [0.15, 0.2) is 0 Å². The number of nitrogens with one attached hydrogen (secondary N) is 1. The molecule has 0 bridgehead atoms. The molecule has 3 heteroatoms. The van der Waals surface area contributed by atoms with Crippen LogP contribution in [0, 0.1) is 18.8 Å². The fourth-order valence-corrected chi connectivity index (χ4v) is 2.61. The largest absolute Gasteiger partial charge is 0.370 e. The summed E-state index contributed by atoms with van der Waals surface area (Å²) in [5.41, 5.74) is 1.23. The summed E-state index contributed by atoms with van der Waals surface area (Å²) < 4.78 is 1.08. The molecular weight excluding hydrogens is 264 g/mol. The fourth-order valence-electron chi connectivity index (χ4n) is 2.40. The Bertz CT molecular complexity index is 365. The monoisotopic (exact) mass is 282 g/mol. The molecule has 1 aromatic rings. The predicted octanol–water partition coefficient (Wildman–Crippen LogP) is 4.00. The molecular formula is C13H19BrN2. The highest BCUT2D eigenvalue weighted by Gasteiger charge is 2.20. The molecule has 1 aromatic heterocycles. The van der Waals surface area contributed by atoms with Crippen LogP contribution in [0.4, 0.5) is 5.82 Å². The van der Waals surface area contributed by atoms with Crippen LogP contribution in [0.3, 0.4) is 0 Å². The zero-order valence-corrected chi connectivity index (χ0v) is 11.5. The lowest BCUT2D eigenvalue weighted by atomic mass is 10.1. The smallest absolute Gasteiger partial charge is 0.126 e. The summed E-state index contributed by atoms with van der Waals surface area (Å²) in [6, 6.07) is 2.10. The summed E-state index contributed by atoms with van der Waals surface area (Å²) >= 11 is 3.46. The van der Waals surface area contributed by atoms with Crippen molar-refractivity contribution in [3.63, 3.8) is 0 Å². The molecule has 1 saturated carbocycles. The Morgan fingerprint density at radius 2 is 2.31 bits per heavy atom. The molecule has 1 heterocycles. The predicted molar refractivity (Wildman–Crippen MR) is 71.7 cm³/mol.